The van der Waals surface area contributed by atoms with E-state index < -0.39 is 54.3 Å². The van der Waals surface area contributed by atoms with Crippen LogP contribution in [0.4, 0.5) is 0 Å². The van der Waals surface area contributed by atoms with Crippen LogP contribution in [0, 0.1) is 30.6 Å². The van der Waals surface area contributed by atoms with Crippen LogP contribution in [-0.4, -0.2) is 135 Å². The summed E-state index contributed by atoms with van der Waals surface area (Å²) in [7, 11) is 8.08. The van der Waals surface area contributed by atoms with E-state index in [-0.39, 0.29) is 54.2 Å². The molecule has 2 aromatic carbocycles. The molecule has 346 valence electrons. The molecule has 0 spiro atoms. The minimum atomic E-state index is -0.896. The van der Waals surface area contributed by atoms with E-state index in [4.69, 9.17) is 14.2 Å². The Hall–Kier alpha value is -4.33. The van der Waals surface area contributed by atoms with E-state index in [1.54, 1.807) is 30.9 Å². The van der Waals surface area contributed by atoms with E-state index in [0.717, 1.165) is 24.8 Å². The SMILES string of the molecule is CC[C@H](C)[C@@H]([C@@H](CC(=O)N1CCC[C@H]1[C@H](OC)[C@@H](C)C(=O)N[C@@H](Cc1ccccc1)C(=O)OC)OC)N(C)C(=O)[C@@H](NC(=O)[C@H](C(C)C)N(C)CCc1ccc(C)cc1)C(C)C. The number of nitrogens with one attached hydrogen (secondary N) is 2. The van der Waals surface area contributed by atoms with Gasteiger partial charge in [-0.15, -0.1) is 0 Å². The summed E-state index contributed by atoms with van der Waals surface area (Å²) >= 11 is 0. The van der Waals surface area contributed by atoms with Gasteiger partial charge in [-0.05, 0) is 62.1 Å². The minimum Gasteiger partial charge on any atom is -0.467 e. The first-order chi connectivity index (χ1) is 29.4. The fourth-order valence-corrected chi connectivity index (χ4v) is 8.98. The molecule has 13 nitrogen and oxygen atoms in total. The van der Waals surface area contributed by atoms with Crippen molar-refractivity contribution in [2.75, 3.05) is 48.5 Å². The Balaban J connectivity index is 1.77. The maximum Gasteiger partial charge on any atom is 0.328 e. The lowest BCUT2D eigenvalue weighted by molar-refractivity contribution is -0.149. The van der Waals surface area contributed by atoms with Gasteiger partial charge in [0.25, 0.3) is 0 Å². The van der Waals surface area contributed by atoms with Crippen molar-refractivity contribution in [1.82, 2.24) is 25.3 Å². The molecule has 0 unspecified atom stereocenters. The predicted molar refractivity (Wildman–Crippen MR) is 243 cm³/mol. The number of carbonyl (C=O) groups is 5. The standard InChI is InChI=1S/C49H77N5O8/c1-14-34(7)44(53(10)48(58)42(31(2)3)51-47(57)43(32(4)5)52(9)28-26-36-24-22-33(6)23-25-36)40(60-11)30-41(55)54-27-18-21-39(54)45(61-12)35(8)46(56)50-38(49(59)62-13)29-37-19-16-15-17-20-37/h15-17,19-20,22-25,31-32,34-35,38-40,42-45H,14,18,21,26-30H2,1-13H3,(H,50,56)(H,51,57)/t34-,35+,38-,39-,40+,42-,43-,44-,45+/m0/s1. The normalized spacial score (nSPS) is 18.1. The van der Waals surface area contributed by atoms with Crippen LogP contribution in [-0.2, 0) is 51.0 Å². The number of hydrogen-bond acceptors (Lipinski definition) is 9. The largest absolute Gasteiger partial charge is 0.467 e. The second kappa shape index (κ2) is 25.1. The summed E-state index contributed by atoms with van der Waals surface area (Å²) in [5.41, 5.74) is 3.28. The van der Waals surface area contributed by atoms with Gasteiger partial charge < -0.3 is 34.6 Å². The van der Waals surface area contributed by atoms with E-state index in [0.29, 0.717) is 19.5 Å². The van der Waals surface area contributed by atoms with E-state index in [1.165, 1.54) is 25.3 Å². The van der Waals surface area contributed by atoms with Crippen molar-refractivity contribution >= 4 is 29.6 Å². The molecule has 9 atom stereocenters. The number of methoxy groups -OCH3 is 3. The molecule has 13 heteroatoms. The number of benzene rings is 2. The number of nitrogens with zero attached hydrogens (tertiary/aromatic N) is 3. The van der Waals surface area contributed by atoms with Crippen LogP contribution in [0.25, 0.3) is 0 Å². The first kappa shape index (κ1) is 52.0. The van der Waals surface area contributed by atoms with Crippen molar-refractivity contribution in [3.63, 3.8) is 0 Å². The summed E-state index contributed by atoms with van der Waals surface area (Å²) in [5, 5.41) is 6.01. The van der Waals surface area contributed by atoms with E-state index in [1.807, 2.05) is 78.9 Å². The Kier molecular flexibility index (Phi) is 21.0. The smallest absolute Gasteiger partial charge is 0.328 e. The summed E-state index contributed by atoms with van der Waals surface area (Å²) < 4.78 is 17.1. The number of esters is 1. The lowest BCUT2D eigenvalue weighted by atomic mass is 9.89. The van der Waals surface area contributed by atoms with Gasteiger partial charge in [0.1, 0.15) is 12.1 Å². The molecule has 4 amide bonds. The number of carbonyl (C=O) groups excluding carboxylic acids is 5. The van der Waals surface area contributed by atoms with Gasteiger partial charge in [0.2, 0.25) is 23.6 Å². The number of amides is 4. The Morgan fingerprint density at radius 2 is 1.47 bits per heavy atom. The second-order valence-corrected chi connectivity index (χ2v) is 18.0. The zero-order valence-corrected chi connectivity index (χ0v) is 39.8. The number of likely N-dealkylation sites (tertiary alicyclic amines) is 1. The molecule has 3 rings (SSSR count). The van der Waals surface area contributed by atoms with Gasteiger partial charge in [-0.1, -0.05) is 115 Å². The van der Waals surface area contributed by atoms with Gasteiger partial charge in [-0.3, -0.25) is 24.1 Å². The molecule has 62 heavy (non-hydrogen) atoms. The fourth-order valence-electron chi connectivity index (χ4n) is 8.98. The third-order valence-electron chi connectivity index (χ3n) is 12.8. The third kappa shape index (κ3) is 14.1. The number of likely N-dealkylation sites (N-methyl/N-ethyl adjacent to an activating group) is 2. The molecule has 0 aromatic heterocycles. The quantitative estimate of drug-likeness (QED) is 0.132. The Morgan fingerprint density at radius 3 is 2.02 bits per heavy atom. The summed E-state index contributed by atoms with van der Waals surface area (Å²) in [6.07, 6.45) is 1.82. The highest BCUT2D eigenvalue weighted by atomic mass is 16.5. The van der Waals surface area contributed by atoms with E-state index in [9.17, 15) is 24.0 Å². The molecule has 0 radical (unpaired) electrons. The van der Waals surface area contributed by atoms with Crippen LogP contribution in [0.3, 0.4) is 0 Å². The molecule has 1 heterocycles. The molecular formula is C49H77N5O8. The summed E-state index contributed by atoms with van der Waals surface area (Å²) in [6, 6.07) is 14.8. The summed E-state index contributed by atoms with van der Waals surface area (Å²) in [4.78, 5) is 75.0. The van der Waals surface area contributed by atoms with Gasteiger partial charge >= 0.3 is 5.97 Å². The number of ether oxygens (including phenoxy) is 3. The molecule has 0 aliphatic carbocycles. The monoisotopic (exact) mass is 864 g/mol. The van der Waals surface area contributed by atoms with Crippen molar-refractivity contribution in [2.24, 2.45) is 23.7 Å². The highest BCUT2D eigenvalue weighted by Crippen LogP contribution is 2.30. The van der Waals surface area contributed by atoms with Crippen molar-refractivity contribution in [1.29, 1.82) is 0 Å². The van der Waals surface area contributed by atoms with E-state index >= 15 is 0 Å². The van der Waals surface area contributed by atoms with Crippen LogP contribution in [0.5, 0.6) is 0 Å². The maximum absolute atomic E-state index is 14.6. The van der Waals surface area contributed by atoms with Crippen molar-refractivity contribution < 1.29 is 38.2 Å². The topological polar surface area (TPSA) is 147 Å². The van der Waals surface area contributed by atoms with Crippen LogP contribution in [0.2, 0.25) is 0 Å². The lowest BCUT2D eigenvalue weighted by Gasteiger charge is -2.41. The molecule has 1 aliphatic heterocycles. The second-order valence-electron chi connectivity index (χ2n) is 18.0. The molecular weight excluding hydrogens is 787 g/mol. The highest BCUT2D eigenvalue weighted by Gasteiger charge is 2.43. The Bertz CT molecular complexity index is 1720. The fraction of sp³-hybridized carbons (Fsp3) is 0.653. The van der Waals surface area contributed by atoms with Crippen molar-refractivity contribution in [2.45, 2.75) is 136 Å². The molecule has 0 bridgehead atoms. The van der Waals surface area contributed by atoms with Gasteiger partial charge in [0.05, 0.1) is 49.8 Å². The van der Waals surface area contributed by atoms with Gasteiger partial charge in [0.15, 0.2) is 0 Å². The molecule has 0 saturated carbocycles. The minimum absolute atomic E-state index is 0.00195. The first-order valence-electron chi connectivity index (χ1n) is 22.5. The average molecular weight is 864 g/mol. The van der Waals surface area contributed by atoms with Gasteiger partial charge in [0, 0.05) is 40.8 Å². The molecule has 1 fully saturated rings. The summed E-state index contributed by atoms with van der Waals surface area (Å²) in [6.45, 7) is 17.0. The maximum atomic E-state index is 14.6. The van der Waals surface area contributed by atoms with Crippen LogP contribution in [0.1, 0.15) is 90.8 Å². The van der Waals surface area contributed by atoms with Crippen molar-refractivity contribution in [3.8, 4) is 0 Å². The van der Waals surface area contributed by atoms with E-state index in [2.05, 4.69) is 46.7 Å². The third-order valence-corrected chi connectivity index (χ3v) is 12.8. The molecule has 2 N–H and O–H groups in total. The Morgan fingerprint density at radius 1 is 0.823 bits per heavy atom. The average Bonchev–Trinajstić information content (AvgIpc) is 3.74. The zero-order valence-electron chi connectivity index (χ0n) is 39.8. The number of rotatable bonds is 24. The van der Waals surface area contributed by atoms with Crippen LogP contribution in [0.15, 0.2) is 54.6 Å². The lowest BCUT2D eigenvalue weighted by Crippen LogP contribution is -2.60. The number of aryl methyl sites for hydroxylation is 1. The first-order valence-corrected chi connectivity index (χ1v) is 22.5. The molecule has 2 aromatic rings. The summed E-state index contributed by atoms with van der Waals surface area (Å²) in [5.74, 6) is -2.51. The van der Waals surface area contributed by atoms with Crippen LogP contribution < -0.4 is 10.6 Å². The molecule has 1 saturated heterocycles. The Labute approximate surface area is 372 Å². The highest BCUT2D eigenvalue weighted by molar-refractivity contribution is 5.90. The van der Waals surface area contributed by atoms with Crippen molar-refractivity contribution in [3.05, 3.63) is 71.3 Å². The molecule has 1 aliphatic rings. The van der Waals surface area contributed by atoms with Gasteiger partial charge in [-0.25, -0.2) is 4.79 Å². The zero-order chi connectivity index (χ0) is 46.3. The van der Waals surface area contributed by atoms with Crippen LogP contribution >= 0.6 is 0 Å². The van der Waals surface area contributed by atoms with Gasteiger partial charge in [-0.2, -0.15) is 0 Å². The predicted octanol–water partition coefficient (Wildman–Crippen LogP) is 5.46. The number of hydrogen-bond donors (Lipinski definition) is 2.